The Balaban J connectivity index is 4.66. The van der Waals surface area contributed by atoms with Crippen LogP contribution in [0.4, 0.5) is 0 Å². The summed E-state index contributed by atoms with van der Waals surface area (Å²) in [6.07, 6.45) is 0. The van der Waals surface area contributed by atoms with E-state index in [2.05, 4.69) is 0 Å². The Bertz CT molecular complexity index is 268. The maximum absolute atomic E-state index is 11.5. The summed E-state index contributed by atoms with van der Waals surface area (Å²) in [7, 11) is 0. The van der Waals surface area contributed by atoms with Crippen molar-refractivity contribution in [3.05, 3.63) is 10.1 Å². The lowest BCUT2D eigenvalue weighted by Gasteiger charge is -2.26. The number of nitro groups is 1. The zero-order valence-electron chi connectivity index (χ0n) is 9.73. The van der Waals surface area contributed by atoms with Crippen LogP contribution in [0.2, 0.25) is 0 Å². The molecule has 0 saturated heterocycles. The van der Waals surface area contributed by atoms with Gasteiger partial charge in [0.05, 0.1) is 0 Å². The van der Waals surface area contributed by atoms with Gasteiger partial charge in [-0.25, -0.2) is 0 Å². The maximum Gasteiger partial charge on any atom is 0.330 e. The summed E-state index contributed by atoms with van der Waals surface area (Å²) in [6, 6.07) is -1.27. The third-order valence-electron chi connectivity index (χ3n) is 1.89. The lowest BCUT2D eigenvalue weighted by molar-refractivity contribution is -0.561. The van der Waals surface area contributed by atoms with Crippen LogP contribution in [0.1, 0.15) is 34.6 Å². The van der Waals surface area contributed by atoms with Crippen molar-refractivity contribution in [2.75, 3.05) is 0 Å². The summed E-state index contributed by atoms with van der Waals surface area (Å²) in [4.78, 5) is 21.5. The molecule has 0 radical (unpaired) electrons. The number of ether oxygens (including phenoxy) is 1. The van der Waals surface area contributed by atoms with Gasteiger partial charge in [-0.15, -0.1) is 0 Å². The molecule has 1 atom stereocenters. The Morgan fingerprint density at radius 2 is 1.73 bits per heavy atom. The second-order valence-corrected chi connectivity index (χ2v) is 4.92. The fraction of sp³-hybridized carbons (Fsp3) is 0.889. The van der Waals surface area contributed by atoms with Gasteiger partial charge in [-0.05, 0) is 20.8 Å². The number of esters is 1. The van der Waals surface area contributed by atoms with Crippen molar-refractivity contribution in [2.24, 2.45) is 5.73 Å². The van der Waals surface area contributed by atoms with Gasteiger partial charge in [0.15, 0.2) is 6.04 Å². The van der Waals surface area contributed by atoms with Crippen LogP contribution >= 0.6 is 0 Å². The standard InChI is InChI=1S/C9H18N2O4/c1-8(2,3)15-7(12)6(10)9(4,5)11(13)14/h6H,10H2,1-5H3. The van der Waals surface area contributed by atoms with Gasteiger partial charge < -0.3 is 10.5 Å². The summed E-state index contributed by atoms with van der Waals surface area (Å²) in [5, 5.41) is 10.7. The highest BCUT2D eigenvalue weighted by molar-refractivity contribution is 5.77. The van der Waals surface area contributed by atoms with Crippen LogP contribution in [0.5, 0.6) is 0 Å². The minimum atomic E-state index is -1.53. The van der Waals surface area contributed by atoms with Crippen LogP contribution in [-0.2, 0) is 9.53 Å². The first-order valence-electron chi connectivity index (χ1n) is 4.61. The predicted octanol–water partition coefficient (Wildman–Crippen LogP) is 0.711. The van der Waals surface area contributed by atoms with Crippen LogP contribution < -0.4 is 5.73 Å². The number of carbonyl (C=O) groups excluding carboxylic acids is 1. The maximum atomic E-state index is 11.5. The fourth-order valence-corrected chi connectivity index (χ4v) is 0.767. The van der Waals surface area contributed by atoms with E-state index in [1.165, 1.54) is 13.8 Å². The largest absolute Gasteiger partial charge is 0.459 e. The van der Waals surface area contributed by atoms with E-state index >= 15 is 0 Å². The lowest BCUT2D eigenvalue weighted by Crippen LogP contribution is -2.55. The summed E-state index contributed by atoms with van der Waals surface area (Å²) < 4.78 is 4.97. The first-order valence-corrected chi connectivity index (χ1v) is 4.61. The number of nitrogens with two attached hydrogens (primary N) is 1. The van der Waals surface area contributed by atoms with Gasteiger partial charge in [0.2, 0.25) is 5.54 Å². The van der Waals surface area contributed by atoms with Crippen molar-refractivity contribution in [1.29, 1.82) is 0 Å². The van der Waals surface area contributed by atoms with Crippen molar-refractivity contribution in [1.82, 2.24) is 0 Å². The van der Waals surface area contributed by atoms with Gasteiger partial charge in [-0.1, -0.05) is 0 Å². The first-order chi connectivity index (χ1) is 6.48. The molecule has 6 nitrogen and oxygen atoms in total. The molecule has 0 amide bonds. The molecule has 0 spiro atoms. The van der Waals surface area contributed by atoms with E-state index in [0.717, 1.165) is 0 Å². The number of hydrogen-bond donors (Lipinski definition) is 1. The molecule has 1 unspecified atom stereocenters. The highest BCUT2D eigenvalue weighted by atomic mass is 16.6. The van der Waals surface area contributed by atoms with Gasteiger partial charge in [0.25, 0.3) is 0 Å². The Morgan fingerprint density at radius 1 is 1.33 bits per heavy atom. The number of nitrogens with zero attached hydrogens (tertiary/aromatic N) is 1. The summed E-state index contributed by atoms with van der Waals surface area (Å²) in [6.45, 7) is 7.62. The molecule has 0 rings (SSSR count). The molecule has 0 aliphatic carbocycles. The third kappa shape index (κ3) is 3.83. The monoisotopic (exact) mass is 218 g/mol. The quantitative estimate of drug-likeness (QED) is 0.427. The van der Waals surface area contributed by atoms with Gasteiger partial charge in [0.1, 0.15) is 5.60 Å². The number of rotatable bonds is 3. The highest BCUT2D eigenvalue weighted by Gasteiger charge is 2.44. The van der Waals surface area contributed by atoms with Crippen molar-refractivity contribution in [3.63, 3.8) is 0 Å². The van der Waals surface area contributed by atoms with Gasteiger partial charge >= 0.3 is 5.97 Å². The van der Waals surface area contributed by atoms with Crippen molar-refractivity contribution < 1.29 is 14.5 Å². The zero-order valence-corrected chi connectivity index (χ0v) is 9.73. The first kappa shape index (κ1) is 13.8. The topological polar surface area (TPSA) is 95.5 Å². The van der Waals surface area contributed by atoms with E-state index in [9.17, 15) is 14.9 Å². The molecule has 0 saturated carbocycles. The van der Waals surface area contributed by atoms with Crippen LogP contribution in [0.15, 0.2) is 0 Å². The molecule has 0 bridgehead atoms. The van der Waals surface area contributed by atoms with E-state index < -0.39 is 28.1 Å². The second kappa shape index (κ2) is 4.14. The average Bonchev–Trinajstić information content (AvgIpc) is 1.99. The SMILES string of the molecule is CC(C)(C)OC(=O)C(N)C(C)(C)[N+](=O)[O-]. The minimum absolute atomic E-state index is 0.582. The Hall–Kier alpha value is -1.17. The average molecular weight is 218 g/mol. The lowest BCUT2D eigenvalue weighted by atomic mass is 9.96. The molecule has 0 aliphatic rings. The Morgan fingerprint density at radius 3 is 2.00 bits per heavy atom. The van der Waals surface area contributed by atoms with Crippen molar-refractivity contribution in [3.8, 4) is 0 Å². The second-order valence-electron chi connectivity index (χ2n) is 4.92. The van der Waals surface area contributed by atoms with E-state index in [4.69, 9.17) is 10.5 Å². The summed E-state index contributed by atoms with van der Waals surface area (Å²) in [5.41, 5.74) is 3.27. The molecule has 6 heteroatoms. The molecule has 2 N–H and O–H groups in total. The van der Waals surface area contributed by atoms with Crippen LogP contribution in [0, 0.1) is 10.1 Å². The van der Waals surface area contributed by atoms with Gasteiger partial charge in [-0.3, -0.25) is 14.9 Å². The Kier molecular flexibility index (Phi) is 3.82. The normalized spacial score (nSPS) is 14.5. The molecule has 88 valence electrons. The van der Waals surface area contributed by atoms with Crippen LogP contribution in [0.3, 0.4) is 0 Å². The van der Waals surface area contributed by atoms with E-state index in [1.54, 1.807) is 20.8 Å². The van der Waals surface area contributed by atoms with Crippen molar-refractivity contribution in [2.45, 2.75) is 51.8 Å². The molecular weight excluding hydrogens is 200 g/mol. The zero-order chi connectivity index (χ0) is 12.4. The molecular formula is C9H18N2O4. The summed E-state index contributed by atoms with van der Waals surface area (Å²) >= 11 is 0. The number of hydrogen-bond acceptors (Lipinski definition) is 5. The van der Waals surface area contributed by atoms with Crippen LogP contribution in [0.25, 0.3) is 0 Å². The van der Waals surface area contributed by atoms with E-state index in [0.29, 0.717) is 0 Å². The third-order valence-corrected chi connectivity index (χ3v) is 1.89. The molecule has 0 aromatic rings. The predicted molar refractivity (Wildman–Crippen MR) is 54.9 cm³/mol. The van der Waals surface area contributed by atoms with E-state index in [1.807, 2.05) is 0 Å². The van der Waals surface area contributed by atoms with Gasteiger partial charge in [0, 0.05) is 18.8 Å². The molecule has 15 heavy (non-hydrogen) atoms. The van der Waals surface area contributed by atoms with Crippen LogP contribution in [-0.4, -0.2) is 28.1 Å². The minimum Gasteiger partial charge on any atom is -0.459 e. The summed E-state index contributed by atoms with van der Waals surface area (Å²) in [5.74, 6) is -0.760. The molecule has 0 aliphatic heterocycles. The van der Waals surface area contributed by atoms with Gasteiger partial charge in [-0.2, -0.15) is 0 Å². The number of carbonyl (C=O) groups is 1. The Labute approximate surface area is 88.9 Å². The smallest absolute Gasteiger partial charge is 0.330 e. The molecule has 0 aromatic carbocycles. The highest BCUT2D eigenvalue weighted by Crippen LogP contribution is 2.16. The molecule has 0 aromatic heterocycles. The molecule has 0 fully saturated rings. The van der Waals surface area contributed by atoms with E-state index in [-0.39, 0.29) is 0 Å². The van der Waals surface area contributed by atoms with Crippen molar-refractivity contribution >= 4 is 5.97 Å². The molecule has 0 heterocycles. The fourth-order valence-electron chi connectivity index (χ4n) is 0.767.